The number of carbonyl (C=O) groups is 1. The predicted molar refractivity (Wildman–Crippen MR) is 137 cm³/mol. The van der Waals surface area contributed by atoms with Crippen LogP contribution in [0.5, 0.6) is 5.75 Å². The van der Waals surface area contributed by atoms with Crippen LogP contribution in [-0.4, -0.2) is 38.2 Å². The van der Waals surface area contributed by atoms with Gasteiger partial charge in [0.1, 0.15) is 11.3 Å². The van der Waals surface area contributed by atoms with Crippen LogP contribution in [0.2, 0.25) is 0 Å². The van der Waals surface area contributed by atoms with E-state index in [1.54, 1.807) is 49.5 Å². The molecule has 186 valence electrons. The van der Waals surface area contributed by atoms with E-state index in [-0.39, 0.29) is 33.3 Å². The Hall–Kier alpha value is -4.11. The molecule has 0 radical (unpaired) electrons. The Bertz CT molecular complexity index is 1640. The lowest BCUT2D eigenvalue weighted by molar-refractivity contribution is 0.0600. The first-order valence-corrected chi connectivity index (χ1v) is 12.7. The standard InChI is InChI=1S/C27H26N2O6S/c1-5-6-15-29-25(30)24-21(13-14-28-24)23(20-12-9-18(27(31)35-4)16-22(20)34-3)26(29)36(32,33)19-10-7-17(2)8-11-19/h5-14,16,28H,15H2,1-4H3/b6-5+. The number of carbonyl (C=O) groups excluding carboxylic acids is 1. The van der Waals surface area contributed by atoms with E-state index in [4.69, 9.17) is 9.47 Å². The number of rotatable bonds is 7. The van der Waals surface area contributed by atoms with Crippen LogP contribution < -0.4 is 10.3 Å². The molecule has 0 spiro atoms. The molecule has 0 amide bonds. The average Bonchev–Trinajstić information content (AvgIpc) is 3.37. The maximum atomic E-state index is 14.2. The average molecular weight is 507 g/mol. The van der Waals surface area contributed by atoms with Gasteiger partial charge in [-0.1, -0.05) is 29.8 Å². The number of aromatic nitrogens is 2. The van der Waals surface area contributed by atoms with Crippen molar-refractivity contribution in [3.05, 3.63) is 88.4 Å². The highest BCUT2D eigenvalue weighted by Gasteiger charge is 2.31. The molecular formula is C27H26N2O6S. The molecule has 0 fully saturated rings. The number of hydrogen-bond donors (Lipinski definition) is 1. The van der Waals surface area contributed by atoms with Crippen LogP contribution in [-0.2, 0) is 21.1 Å². The Kier molecular flexibility index (Phi) is 6.85. The molecule has 4 rings (SSSR count). The van der Waals surface area contributed by atoms with Crippen molar-refractivity contribution in [3.8, 4) is 16.9 Å². The molecular weight excluding hydrogens is 480 g/mol. The van der Waals surface area contributed by atoms with Crippen LogP contribution in [0.1, 0.15) is 22.8 Å². The summed E-state index contributed by atoms with van der Waals surface area (Å²) in [5.74, 6) is -0.297. The normalized spacial score (nSPS) is 11.8. The van der Waals surface area contributed by atoms with Gasteiger partial charge in [0.15, 0.2) is 5.03 Å². The third-order valence-electron chi connectivity index (χ3n) is 5.94. The number of sulfone groups is 1. The Morgan fingerprint density at radius 3 is 2.44 bits per heavy atom. The van der Waals surface area contributed by atoms with Gasteiger partial charge in [-0.3, -0.25) is 9.36 Å². The number of fused-ring (bicyclic) bond motifs is 1. The second-order valence-electron chi connectivity index (χ2n) is 8.15. The first-order valence-electron chi connectivity index (χ1n) is 11.2. The van der Waals surface area contributed by atoms with E-state index < -0.39 is 21.4 Å². The smallest absolute Gasteiger partial charge is 0.337 e. The van der Waals surface area contributed by atoms with Crippen LogP contribution in [0.25, 0.3) is 22.0 Å². The van der Waals surface area contributed by atoms with Crippen molar-refractivity contribution in [2.45, 2.75) is 30.3 Å². The van der Waals surface area contributed by atoms with Crippen molar-refractivity contribution >= 4 is 26.7 Å². The summed E-state index contributed by atoms with van der Waals surface area (Å²) in [6.07, 6.45) is 5.05. The highest BCUT2D eigenvalue weighted by Crippen LogP contribution is 2.40. The fraction of sp³-hybridized carbons (Fsp3) is 0.185. The molecule has 36 heavy (non-hydrogen) atoms. The summed E-state index contributed by atoms with van der Waals surface area (Å²) in [4.78, 5) is 28.6. The van der Waals surface area contributed by atoms with Crippen molar-refractivity contribution in [2.24, 2.45) is 0 Å². The van der Waals surface area contributed by atoms with Gasteiger partial charge in [0.25, 0.3) is 5.56 Å². The summed E-state index contributed by atoms with van der Waals surface area (Å²) in [5, 5.41) is 0.261. The minimum absolute atomic E-state index is 0.0419. The van der Waals surface area contributed by atoms with Gasteiger partial charge >= 0.3 is 5.97 Å². The lowest BCUT2D eigenvalue weighted by Gasteiger charge is -2.20. The second-order valence-corrected chi connectivity index (χ2v) is 10.0. The molecule has 2 aromatic heterocycles. The van der Waals surface area contributed by atoms with E-state index in [0.717, 1.165) is 5.56 Å². The largest absolute Gasteiger partial charge is 0.496 e. The number of aromatic amines is 1. The van der Waals surface area contributed by atoms with Crippen LogP contribution in [0.3, 0.4) is 0 Å². The fourth-order valence-electron chi connectivity index (χ4n) is 4.12. The van der Waals surface area contributed by atoms with E-state index in [0.29, 0.717) is 16.5 Å². The molecule has 1 N–H and O–H groups in total. The SMILES string of the molecule is C/C=C/Cn1c(S(=O)(=O)c2ccc(C)cc2)c(-c2ccc(C(=O)OC)cc2OC)c2cc[nH]c2c1=O. The van der Waals surface area contributed by atoms with E-state index in [2.05, 4.69) is 4.98 Å². The molecule has 0 aliphatic carbocycles. The van der Waals surface area contributed by atoms with Gasteiger partial charge in [0, 0.05) is 29.3 Å². The van der Waals surface area contributed by atoms with Crippen molar-refractivity contribution in [3.63, 3.8) is 0 Å². The quantitative estimate of drug-likeness (QED) is 0.292. The number of nitrogens with zero attached hydrogens (tertiary/aromatic N) is 1. The van der Waals surface area contributed by atoms with Gasteiger partial charge in [0.05, 0.1) is 24.7 Å². The molecule has 9 heteroatoms. The van der Waals surface area contributed by atoms with Crippen molar-refractivity contribution in [1.82, 2.24) is 9.55 Å². The van der Waals surface area contributed by atoms with E-state index in [1.165, 1.54) is 43.1 Å². The zero-order chi connectivity index (χ0) is 26.0. The van der Waals surface area contributed by atoms with Gasteiger partial charge < -0.3 is 14.5 Å². The first-order chi connectivity index (χ1) is 17.2. The van der Waals surface area contributed by atoms with Gasteiger partial charge in [0.2, 0.25) is 9.84 Å². The Morgan fingerprint density at radius 2 is 1.81 bits per heavy atom. The van der Waals surface area contributed by atoms with Gasteiger partial charge in [-0.25, -0.2) is 13.2 Å². The maximum Gasteiger partial charge on any atom is 0.337 e. The summed E-state index contributed by atoms with van der Waals surface area (Å²) in [7, 11) is -1.47. The Balaban J connectivity index is 2.18. The van der Waals surface area contributed by atoms with E-state index in [1.807, 2.05) is 6.92 Å². The lowest BCUT2D eigenvalue weighted by atomic mass is 10.0. The molecule has 4 aromatic rings. The number of esters is 1. The molecule has 0 saturated carbocycles. The number of benzene rings is 2. The van der Waals surface area contributed by atoms with E-state index >= 15 is 0 Å². The number of methoxy groups -OCH3 is 2. The zero-order valence-electron chi connectivity index (χ0n) is 20.4. The minimum atomic E-state index is -4.18. The molecule has 2 aromatic carbocycles. The number of nitrogens with one attached hydrogen (secondary N) is 1. The summed E-state index contributed by atoms with van der Waals surface area (Å²) < 4.78 is 40.0. The molecule has 2 heterocycles. The molecule has 0 saturated heterocycles. The highest BCUT2D eigenvalue weighted by molar-refractivity contribution is 7.91. The molecule has 0 bridgehead atoms. The third-order valence-corrected chi connectivity index (χ3v) is 7.76. The number of ether oxygens (including phenoxy) is 2. The number of H-pyrrole nitrogens is 1. The monoisotopic (exact) mass is 506 g/mol. The number of hydrogen-bond acceptors (Lipinski definition) is 6. The third kappa shape index (κ3) is 4.22. The summed E-state index contributed by atoms with van der Waals surface area (Å²) >= 11 is 0. The van der Waals surface area contributed by atoms with Crippen LogP contribution in [0.15, 0.2) is 81.6 Å². The van der Waals surface area contributed by atoms with Gasteiger partial charge in [-0.2, -0.15) is 0 Å². The lowest BCUT2D eigenvalue weighted by Crippen LogP contribution is -2.27. The van der Waals surface area contributed by atoms with Crippen molar-refractivity contribution < 1.29 is 22.7 Å². The van der Waals surface area contributed by atoms with E-state index in [9.17, 15) is 18.0 Å². The summed E-state index contributed by atoms with van der Waals surface area (Å²) in [5.41, 5.74) is 1.65. The molecule has 0 aliphatic rings. The Morgan fingerprint density at radius 1 is 1.08 bits per heavy atom. The van der Waals surface area contributed by atoms with Crippen molar-refractivity contribution in [2.75, 3.05) is 14.2 Å². The zero-order valence-corrected chi connectivity index (χ0v) is 21.2. The molecule has 0 aliphatic heterocycles. The maximum absolute atomic E-state index is 14.2. The summed E-state index contributed by atoms with van der Waals surface area (Å²) in [6, 6.07) is 12.8. The Labute approximate surface area is 208 Å². The number of allylic oxidation sites excluding steroid dienone is 2. The van der Waals surface area contributed by atoms with Gasteiger partial charge in [-0.05, 0) is 50.2 Å². The molecule has 0 atom stereocenters. The van der Waals surface area contributed by atoms with Crippen LogP contribution >= 0.6 is 0 Å². The molecule has 8 nitrogen and oxygen atoms in total. The minimum Gasteiger partial charge on any atom is -0.496 e. The fourth-order valence-corrected chi connectivity index (χ4v) is 5.77. The summed E-state index contributed by atoms with van der Waals surface area (Å²) in [6.45, 7) is 3.70. The second kappa shape index (κ2) is 9.87. The number of aryl methyl sites for hydroxylation is 1. The van der Waals surface area contributed by atoms with Gasteiger partial charge in [-0.15, -0.1) is 0 Å². The van der Waals surface area contributed by atoms with Crippen molar-refractivity contribution in [1.29, 1.82) is 0 Å². The molecule has 0 unspecified atom stereocenters. The first kappa shape index (κ1) is 25.0. The topological polar surface area (TPSA) is 107 Å². The highest BCUT2D eigenvalue weighted by atomic mass is 32.2. The van der Waals surface area contributed by atoms with Crippen LogP contribution in [0.4, 0.5) is 0 Å². The van der Waals surface area contributed by atoms with Crippen LogP contribution in [0, 0.1) is 6.92 Å². The number of pyridine rings is 1. The predicted octanol–water partition coefficient (Wildman–Crippen LogP) is 4.51.